The predicted molar refractivity (Wildman–Crippen MR) is 122 cm³/mol. The lowest BCUT2D eigenvalue weighted by atomic mass is 10.0. The molecule has 0 bridgehead atoms. The van der Waals surface area contributed by atoms with Crippen molar-refractivity contribution in [2.75, 3.05) is 18.0 Å². The number of hydrogen-bond acceptors (Lipinski definition) is 6. The van der Waals surface area contributed by atoms with E-state index >= 15 is 0 Å². The number of benzene rings is 1. The van der Waals surface area contributed by atoms with Crippen molar-refractivity contribution in [3.8, 4) is 17.0 Å². The summed E-state index contributed by atoms with van der Waals surface area (Å²) in [6, 6.07) is 11.3. The van der Waals surface area contributed by atoms with E-state index in [9.17, 15) is 5.11 Å². The Bertz CT molecular complexity index is 1310. The average Bonchev–Trinajstić information content (AvgIpc) is 3.32. The zero-order chi connectivity index (χ0) is 21.1. The summed E-state index contributed by atoms with van der Waals surface area (Å²) in [6.07, 6.45) is 5.77. The number of hydrogen-bond donors (Lipinski definition) is 2. The highest BCUT2D eigenvalue weighted by molar-refractivity contribution is 5.91. The van der Waals surface area contributed by atoms with Crippen LogP contribution in [0.1, 0.15) is 24.8 Å². The molecule has 2 N–H and O–H groups in total. The summed E-state index contributed by atoms with van der Waals surface area (Å²) < 4.78 is 1.77. The molecule has 0 spiro atoms. The number of nitrogens with one attached hydrogen (secondary N) is 1. The molecule has 7 nitrogen and oxygen atoms in total. The van der Waals surface area contributed by atoms with E-state index in [2.05, 4.69) is 21.4 Å². The lowest BCUT2D eigenvalue weighted by molar-refractivity contribution is 0.474. The van der Waals surface area contributed by atoms with Gasteiger partial charge < -0.3 is 15.3 Å². The third-order valence-electron chi connectivity index (χ3n) is 6.49. The van der Waals surface area contributed by atoms with Gasteiger partial charge in [-0.3, -0.25) is 4.68 Å². The summed E-state index contributed by atoms with van der Waals surface area (Å²) in [6.45, 7) is 3.94. The van der Waals surface area contributed by atoms with Crippen LogP contribution in [0.4, 0.5) is 5.82 Å². The van der Waals surface area contributed by atoms with Gasteiger partial charge in [-0.15, -0.1) is 0 Å². The maximum atomic E-state index is 10.8. The maximum absolute atomic E-state index is 10.8. The average molecular weight is 415 g/mol. The SMILES string of the molecule is Cc1c(O)c(-c2ccc3nc(N4CC[C@H](NC5CC5)C4)ccc3n2)cc2cn(C)nc12. The molecule has 158 valence electrons. The lowest BCUT2D eigenvalue weighted by Crippen LogP contribution is -2.34. The van der Waals surface area contributed by atoms with Crippen LogP contribution >= 0.6 is 0 Å². The molecule has 31 heavy (non-hydrogen) atoms. The van der Waals surface area contributed by atoms with Crippen molar-refractivity contribution in [3.63, 3.8) is 0 Å². The Morgan fingerprint density at radius 1 is 1.03 bits per heavy atom. The quantitative estimate of drug-likeness (QED) is 0.532. The molecule has 1 saturated carbocycles. The molecular formula is C24H26N6O. The first-order valence-corrected chi connectivity index (χ1v) is 11.0. The smallest absolute Gasteiger partial charge is 0.130 e. The molecule has 1 aliphatic carbocycles. The van der Waals surface area contributed by atoms with Crippen LogP contribution in [0.3, 0.4) is 0 Å². The van der Waals surface area contributed by atoms with Gasteiger partial charge in [0.25, 0.3) is 0 Å². The molecule has 2 aliphatic rings. The van der Waals surface area contributed by atoms with Crippen LogP contribution < -0.4 is 10.2 Å². The van der Waals surface area contributed by atoms with E-state index in [0.29, 0.717) is 6.04 Å². The third-order valence-corrected chi connectivity index (χ3v) is 6.49. The molecule has 3 aromatic heterocycles. The first-order valence-electron chi connectivity index (χ1n) is 11.0. The second-order valence-corrected chi connectivity index (χ2v) is 8.92. The molecule has 0 radical (unpaired) electrons. The largest absolute Gasteiger partial charge is 0.507 e. The van der Waals surface area contributed by atoms with Gasteiger partial charge >= 0.3 is 0 Å². The summed E-state index contributed by atoms with van der Waals surface area (Å²) in [4.78, 5) is 12.0. The van der Waals surface area contributed by atoms with Crippen LogP contribution in [-0.2, 0) is 7.05 Å². The van der Waals surface area contributed by atoms with Crippen molar-refractivity contribution >= 4 is 27.8 Å². The fraction of sp³-hybridized carbons (Fsp3) is 0.375. The summed E-state index contributed by atoms with van der Waals surface area (Å²) in [5.74, 6) is 1.24. The molecule has 1 saturated heterocycles. The summed E-state index contributed by atoms with van der Waals surface area (Å²) in [7, 11) is 1.89. The zero-order valence-corrected chi connectivity index (χ0v) is 17.8. The highest BCUT2D eigenvalue weighted by Gasteiger charge is 2.29. The van der Waals surface area contributed by atoms with E-state index in [1.165, 1.54) is 19.3 Å². The highest BCUT2D eigenvalue weighted by atomic mass is 16.3. The minimum atomic E-state index is 0.230. The summed E-state index contributed by atoms with van der Waals surface area (Å²) in [5, 5.41) is 20.0. The number of nitrogens with zero attached hydrogens (tertiary/aromatic N) is 5. The second kappa shape index (κ2) is 6.92. The van der Waals surface area contributed by atoms with Gasteiger partial charge in [0.1, 0.15) is 11.6 Å². The van der Waals surface area contributed by atoms with Crippen molar-refractivity contribution in [1.29, 1.82) is 0 Å². The van der Waals surface area contributed by atoms with Crippen molar-refractivity contribution in [2.45, 2.75) is 38.3 Å². The van der Waals surface area contributed by atoms with Gasteiger partial charge in [-0.2, -0.15) is 5.10 Å². The van der Waals surface area contributed by atoms with Crippen molar-refractivity contribution in [1.82, 2.24) is 25.1 Å². The number of fused-ring (bicyclic) bond motifs is 2. The molecule has 7 heteroatoms. The number of aryl methyl sites for hydroxylation is 2. The molecule has 2 fully saturated rings. The number of aromatic nitrogens is 4. The Morgan fingerprint density at radius 2 is 1.84 bits per heavy atom. The number of phenols is 1. The third kappa shape index (κ3) is 3.29. The van der Waals surface area contributed by atoms with Crippen LogP contribution in [0.2, 0.25) is 0 Å². The highest BCUT2D eigenvalue weighted by Crippen LogP contribution is 2.36. The molecule has 0 unspecified atom stereocenters. The van der Waals surface area contributed by atoms with Crippen molar-refractivity contribution in [3.05, 3.63) is 42.1 Å². The van der Waals surface area contributed by atoms with Gasteiger partial charge in [0, 0.05) is 54.9 Å². The van der Waals surface area contributed by atoms with Gasteiger partial charge in [0.15, 0.2) is 0 Å². The Labute approximate surface area is 180 Å². The minimum Gasteiger partial charge on any atom is -0.507 e. The van der Waals surface area contributed by atoms with E-state index < -0.39 is 0 Å². The van der Waals surface area contributed by atoms with E-state index in [4.69, 9.17) is 9.97 Å². The second-order valence-electron chi connectivity index (χ2n) is 8.92. The van der Waals surface area contributed by atoms with E-state index in [-0.39, 0.29) is 5.75 Å². The maximum Gasteiger partial charge on any atom is 0.130 e. The molecule has 1 aromatic carbocycles. The van der Waals surface area contributed by atoms with Gasteiger partial charge in [0.05, 0.1) is 22.2 Å². The Hall–Kier alpha value is -3.19. The van der Waals surface area contributed by atoms with Gasteiger partial charge in [-0.05, 0) is 56.5 Å². The van der Waals surface area contributed by atoms with Crippen molar-refractivity contribution in [2.24, 2.45) is 7.05 Å². The monoisotopic (exact) mass is 414 g/mol. The first-order chi connectivity index (χ1) is 15.0. The number of aromatic hydroxyl groups is 1. The van der Waals surface area contributed by atoms with Crippen LogP contribution in [0.25, 0.3) is 33.2 Å². The van der Waals surface area contributed by atoms with Gasteiger partial charge in [0.2, 0.25) is 0 Å². The number of phenolic OH excluding ortho intramolecular Hbond substituents is 1. The molecular weight excluding hydrogens is 388 g/mol. The lowest BCUT2D eigenvalue weighted by Gasteiger charge is -2.18. The molecule has 6 rings (SSSR count). The molecule has 1 aliphatic heterocycles. The number of anilines is 1. The Balaban J connectivity index is 1.32. The molecule has 0 amide bonds. The van der Waals surface area contributed by atoms with Crippen molar-refractivity contribution < 1.29 is 5.11 Å². The predicted octanol–water partition coefficient (Wildman–Crippen LogP) is 3.53. The Kier molecular flexibility index (Phi) is 4.14. The van der Waals surface area contributed by atoms with Gasteiger partial charge in [-0.25, -0.2) is 9.97 Å². The van der Waals surface area contributed by atoms with Gasteiger partial charge in [-0.1, -0.05) is 0 Å². The van der Waals surface area contributed by atoms with Crippen LogP contribution in [0.5, 0.6) is 5.75 Å². The standard InChI is InChI=1S/C24H26N6O/c1-14-23-15(12-29(2)28-23)11-18(24(14)31)19-5-6-21-20(26-19)7-8-22(27-21)30-10-9-17(13-30)25-16-3-4-16/h5-8,11-12,16-17,25,31H,3-4,9-10,13H2,1-2H3/t17-/m0/s1. The fourth-order valence-electron chi connectivity index (χ4n) is 4.65. The minimum absolute atomic E-state index is 0.230. The van der Waals surface area contributed by atoms with E-state index in [1.807, 2.05) is 44.4 Å². The molecule has 4 heterocycles. The topological polar surface area (TPSA) is 79.1 Å². The summed E-state index contributed by atoms with van der Waals surface area (Å²) in [5.41, 5.74) is 4.75. The van der Waals surface area contributed by atoms with E-state index in [1.54, 1.807) is 4.68 Å². The zero-order valence-electron chi connectivity index (χ0n) is 17.8. The summed E-state index contributed by atoms with van der Waals surface area (Å²) >= 11 is 0. The van der Waals surface area contributed by atoms with E-state index in [0.717, 1.165) is 63.7 Å². The van der Waals surface area contributed by atoms with Crippen LogP contribution in [0.15, 0.2) is 36.5 Å². The Morgan fingerprint density at radius 3 is 2.68 bits per heavy atom. The number of pyridine rings is 2. The number of rotatable bonds is 4. The fourth-order valence-corrected chi connectivity index (χ4v) is 4.65. The normalized spacial score (nSPS) is 19.0. The molecule has 4 aromatic rings. The van der Waals surface area contributed by atoms with Crippen LogP contribution in [0, 0.1) is 6.92 Å². The van der Waals surface area contributed by atoms with Crippen LogP contribution in [-0.4, -0.2) is 50.0 Å². The molecule has 1 atom stereocenters. The first kappa shape index (κ1) is 18.6.